The van der Waals surface area contributed by atoms with E-state index in [0.29, 0.717) is 23.2 Å². The number of rotatable bonds is 5. The average molecular weight is 478 g/mol. The molecule has 3 aromatic rings. The van der Waals surface area contributed by atoms with E-state index in [0.717, 1.165) is 43.2 Å². The molecule has 0 unspecified atom stereocenters. The van der Waals surface area contributed by atoms with E-state index in [1.165, 1.54) is 6.07 Å². The molecule has 7 nitrogen and oxygen atoms in total. The first-order valence-electron chi connectivity index (χ1n) is 11.0. The van der Waals surface area contributed by atoms with Crippen LogP contribution in [0.1, 0.15) is 35.8 Å². The van der Waals surface area contributed by atoms with Crippen LogP contribution in [-0.4, -0.2) is 53.3 Å². The predicted octanol–water partition coefficient (Wildman–Crippen LogP) is 4.09. The van der Waals surface area contributed by atoms with Crippen molar-refractivity contribution in [3.05, 3.63) is 53.1 Å². The number of hydrogen-bond donors (Lipinski definition) is 2. The van der Waals surface area contributed by atoms with E-state index in [1.807, 2.05) is 6.07 Å². The minimum absolute atomic E-state index is 0.247. The Balaban J connectivity index is 1.65. The molecule has 1 aliphatic rings. The van der Waals surface area contributed by atoms with E-state index in [4.69, 9.17) is 5.73 Å². The minimum Gasteiger partial charge on any atom is -0.356 e. The zero-order valence-corrected chi connectivity index (χ0v) is 19.2. The van der Waals surface area contributed by atoms with Gasteiger partial charge in [-0.05, 0) is 46.0 Å². The van der Waals surface area contributed by atoms with Crippen molar-refractivity contribution in [2.45, 2.75) is 38.1 Å². The highest BCUT2D eigenvalue weighted by molar-refractivity contribution is 5.94. The second kappa shape index (κ2) is 9.30. The fraction of sp³-hybridized carbons (Fsp3) is 0.435. The van der Waals surface area contributed by atoms with Crippen molar-refractivity contribution in [2.75, 3.05) is 37.4 Å². The van der Waals surface area contributed by atoms with Crippen molar-refractivity contribution < 1.29 is 17.6 Å². The van der Waals surface area contributed by atoms with Gasteiger partial charge < -0.3 is 20.9 Å². The molecule has 0 saturated carbocycles. The van der Waals surface area contributed by atoms with Gasteiger partial charge in [0.15, 0.2) is 5.82 Å². The number of pyridine rings is 1. The van der Waals surface area contributed by atoms with Crippen molar-refractivity contribution in [3.63, 3.8) is 0 Å². The second-order valence-corrected chi connectivity index (χ2v) is 8.73. The van der Waals surface area contributed by atoms with E-state index < -0.39 is 23.7 Å². The molecule has 0 aliphatic carbocycles. The number of fused-ring (bicyclic) bond motifs is 1. The fourth-order valence-corrected chi connectivity index (χ4v) is 4.29. The summed E-state index contributed by atoms with van der Waals surface area (Å²) in [6.45, 7) is 3.47. The van der Waals surface area contributed by atoms with Crippen LogP contribution in [0.5, 0.6) is 0 Å². The number of anilines is 2. The maximum absolute atomic E-state index is 14.6. The molecule has 34 heavy (non-hydrogen) atoms. The Kier molecular flexibility index (Phi) is 6.59. The van der Waals surface area contributed by atoms with Gasteiger partial charge in [-0.2, -0.15) is 18.3 Å². The highest BCUT2D eigenvalue weighted by Crippen LogP contribution is 2.34. The normalized spacial score (nSPS) is 16.3. The monoisotopic (exact) mass is 477 g/mol. The molecule has 11 heteroatoms. The predicted molar refractivity (Wildman–Crippen MR) is 123 cm³/mol. The third-order valence-electron chi connectivity index (χ3n) is 6.31. The molecule has 1 atom stereocenters. The molecule has 1 saturated heterocycles. The topological polar surface area (TPSA) is 83.2 Å². The van der Waals surface area contributed by atoms with Crippen molar-refractivity contribution in [3.8, 4) is 0 Å². The lowest BCUT2D eigenvalue weighted by Crippen LogP contribution is -2.42. The quantitative estimate of drug-likeness (QED) is 0.423. The summed E-state index contributed by atoms with van der Waals surface area (Å²) in [6.07, 6.45) is -2.38. The highest BCUT2D eigenvalue weighted by atomic mass is 19.4. The van der Waals surface area contributed by atoms with Gasteiger partial charge in [-0.1, -0.05) is 12.1 Å². The number of nitrogens with one attached hydrogen (secondary N) is 1. The van der Waals surface area contributed by atoms with Gasteiger partial charge in [-0.15, -0.1) is 5.10 Å². The number of aromatic nitrogens is 3. The molecule has 0 amide bonds. The molecule has 1 aromatic carbocycles. The SMILES string of the molecule is Cc1nnc(N[C@H](N)c2cccc(C(F)(F)F)c2F)c2cc(N3CCC(N(C)C)CC3)ncc12. The third kappa shape index (κ3) is 4.76. The summed E-state index contributed by atoms with van der Waals surface area (Å²) in [5.74, 6) is -0.402. The lowest BCUT2D eigenvalue weighted by atomic mass is 10.0. The second-order valence-electron chi connectivity index (χ2n) is 8.73. The van der Waals surface area contributed by atoms with E-state index >= 15 is 0 Å². The molecule has 3 heterocycles. The number of halogens is 4. The van der Waals surface area contributed by atoms with Crippen molar-refractivity contribution in [2.24, 2.45) is 5.73 Å². The zero-order chi connectivity index (χ0) is 24.6. The van der Waals surface area contributed by atoms with Crippen molar-refractivity contribution in [1.29, 1.82) is 0 Å². The molecule has 2 aromatic heterocycles. The maximum atomic E-state index is 14.6. The molecular formula is C23H27F4N7. The van der Waals surface area contributed by atoms with Gasteiger partial charge in [0.1, 0.15) is 17.8 Å². The van der Waals surface area contributed by atoms with Crippen LogP contribution < -0.4 is 16.0 Å². The molecule has 0 spiro atoms. The summed E-state index contributed by atoms with van der Waals surface area (Å²) in [5.41, 5.74) is 5.04. The van der Waals surface area contributed by atoms with E-state index in [1.54, 1.807) is 13.1 Å². The molecule has 0 radical (unpaired) electrons. The largest absolute Gasteiger partial charge is 0.419 e. The molecular weight excluding hydrogens is 450 g/mol. The Morgan fingerprint density at radius 2 is 1.85 bits per heavy atom. The van der Waals surface area contributed by atoms with Crippen LogP contribution in [0.3, 0.4) is 0 Å². The third-order valence-corrected chi connectivity index (χ3v) is 6.31. The standard InChI is InChI=1S/C23H27F4N7/c1-13-17-12-29-19(34-9-7-14(8-10-34)33(2)3)11-16(17)22(32-31-13)30-21(28)15-5-4-6-18(20(15)24)23(25,26)27/h4-6,11-12,14,21H,7-10,28H2,1-3H3,(H,30,32)/t21-/m0/s1. The number of benzene rings is 1. The number of nitrogens with zero attached hydrogens (tertiary/aromatic N) is 5. The van der Waals surface area contributed by atoms with Crippen LogP contribution in [0.4, 0.5) is 29.2 Å². The average Bonchev–Trinajstić information content (AvgIpc) is 2.80. The number of alkyl halides is 3. The Bertz CT molecular complexity index is 1170. The number of aryl methyl sites for hydroxylation is 1. The van der Waals surface area contributed by atoms with Gasteiger partial charge in [0.25, 0.3) is 0 Å². The summed E-state index contributed by atoms with van der Waals surface area (Å²) in [6, 6.07) is 5.41. The zero-order valence-electron chi connectivity index (χ0n) is 19.2. The molecule has 0 bridgehead atoms. The molecule has 1 fully saturated rings. The van der Waals surface area contributed by atoms with Gasteiger partial charge in [0.2, 0.25) is 0 Å². The van der Waals surface area contributed by atoms with Gasteiger partial charge in [-0.25, -0.2) is 9.37 Å². The molecule has 182 valence electrons. The van der Waals surface area contributed by atoms with E-state index in [2.05, 4.69) is 44.4 Å². The Hall–Kier alpha value is -3.05. The summed E-state index contributed by atoms with van der Waals surface area (Å²) < 4.78 is 54.0. The van der Waals surface area contributed by atoms with Crippen LogP contribution >= 0.6 is 0 Å². The molecule has 1 aliphatic heterocycles. The minimum atomic E-state index is -4.82. The van der Waals surface area contributed by atoms with E-state index in [9.17, 15) is 17.6 Å². The number of piperidine rings is 1. The Morgan fingerprint density at radius 1 is 1.15 bits per heavy atom. The highest BCUT2D eigenvalue weighted by Gasteiger charge is 2.35. The summed E-state index contributed by atoms with van der Waals surface area (Å²) in [7, 11) is 4.15. The first kappa shape index (κ1) is 24.1. The van der Waals surface area contributed by atoms with Gasteiger partial charge in [0.05, 0.1) is 11.3 Å². The van der Waals surface area contributed by atoms with Crippen LogP contribution in [-0.2, 0) is 6.18 Å². The van der Waals surface area contributed by atoms with Crippen molar-refractivity contribution >= 4 is 22.4 Å². The van der Waals surface area contributed by atoms with E-state index in [-0.39, 0.29) is 11.4 Å². The van der Waals surface area contributed by atoms with Gasteiger partial charge >= 0.3 is 6.18 Å². The number of hydrogen-bond acceptors (Lipinski definition) is 7. The smallest absolute Gasteiger partial charge is 0.356 e. The van der Waals surface area contributed by atoms with Crippen LogP contribution in [0.25, 0.3) is 10.8 Å². The lowest BCUT2D eigenvalue weighted by molar-refractivity contribution is -0.140. The summed E-state index contributed by atoms with van der Waals surface area (Å²) in [4.78, 5) is 9.00. The van der Waals surface area contributed by atoms with Crippen LogP contribution in [0.15, 0.2) is 30.5 Å². The summed E-state index contributed by atoms with van der Waals surface area (Å²) >= 11 is 0. The van der Waals surface area contributed by atoms with Gasteiger partial charge in [-0.3, -0.25) is 0 Å². The Morgan fingerprint density at radius 3 is 2.50 bits per heavy atom. The molecule has 3 N–H and O–H groups in total. The molecule has 4 rings (SSSR count). The first-order valence-corrected chi connectivity index (χ1v) is 11.0. The van der Waals surface area contributed by atoms with Crippen molar-refractivity contribution in [1.82, 2.24) is 20.1 Å². The van der Waals surface area contributed by atoms with Crippen LogP contribution in [0, 0.1) is 12.7 Å². The van der Waals surface area contributed by atoms with Gasteiger partial charge in [0, 0.05) is 41.7 Å². The first-order chi connectivity index (χ1) is 16.1. The van der Waals surface area contributed by atoms with Crippen LogP contribution in [0.2, 0.25) is 0 Å². The maximum Gasteiger partial charge on any atom is 0.419 e. The Labute approximate surface area is 195 Å². The fourth-order valence-electron chi connectivity index (χ4n) is 4.29. The lowest BCUT2D eigenvalue weighted by Gasteiger charge is -2.36. The number of nitrogens with two attached hydrogens (primary N) is 1. The summed E-state index contributed by atoms with van der Waals surface area (Å²) in [5, 5.41) is 12.5.